The van der Waals surface area contributed by atoms with Gasteiger partial charge in [0.2, 0.25) is 0 Å². The average molecular weight is 484 g/mol. The van der Waals surface area contributed by atoms with Crippen molar-refractivity contribution in [3.63, 3.8) is 0 Å². The summed E-state index contributed by atoms with van der Waals surface area (Å²) in [6.07, 6.45) is 13.7. The van der Waals surface area contributed by atoms with Gasteiger partial charge in [-0.2, -0.15) is 0 Å². The Hall–Kier alpha value is -4.07. The summed E-state index contributed by atoms with van der Waals surface area (Å²) < 4.78 is 0. The van der Waals surface area contributed by atoms with Gasteiger partial charge in [0, 0.05) is 44.9 Å². The third-order valence-electron chi connectivity index (χ3n) is 7.09. The average Bonchev–Trinajstić information content (AvgIpc) is 3.12. The molecule has 0 radical (unpaired) electrons. The molecular formula is C28H33N7O. The van der Waals surface area contributed by atoms with Crippen molar-refractivity contribution in [2.45, 2.75) is 51.7 Å². The van der Waals surface area contributed by atoms with E-state index in [1.165, 1.54) is 5.56 Å². The Balaban J connectivity index is 0.00000320. The Morgan fingerprint density at radius 2 is 2.08 bits per heavy atom. The van der Waals surface area contributed by atoms with Crippen LogP contribution in [-0.4, -0.2) is 51.1 Å². The highest BCUT2D eigenvalue weighted by molar-refractivity contribution is 6.09. The molecule has 1 amide bonds. The molecule has 5 rings (SSSR count). The molecule has 2 aromatic rings. The van der Waals surface area contributed by atoms with E-state index >= 15 is 0 Å². The second-order valence-corrected chi connectivity index (χ2v) is 9.60. The summed E-state index contributed by atoms with van der Waals surface area (Å²) in [5.74, 6) is 1.51. The number of rotatable bonds is 4. The van der Waals surface area contributed by atoms with Gasteiger partial charge in [0.1, 0.15) is 23.2 Å². The summed E-state index contributed by atoms with van der Waals surface area (Å²) in [4.78, 5) is 26.1. The standard InChI is InChI=1S/C28H31N7O.H2/c1-18-14-20(27(30)35-19(2)9-10-25(35)29)6-5-7-23(18)33-28(36)24-15-22-17-34(13-11-21(22)16-32-24)26-8-3-4-12-31-26;/h3-8,12,14-16,19,23,29-30H,9-11,13,17H2,1-2H3,(H,33,36);1H/t19-,23?;/m1./s1. The zero-order valence-corrected chi connectivity index (χ0v) is 20.7. The van der Waals surface area contributed by atoms with Crippen molar-refractivity contribution in [1.29, 1.82) is 10.8 Å². The first-order valence-corrected chi connectivity index (χ1v) is 12.4. The Morgan fingerprint density at radius 1 is 1.22 bits per heavy atom. The normalized spacial score (nSPS) is 21.4. The smallest absolute Gasteiger partial charge is 0.270 e. The lowest BCUT2D eigenvalue weighted by molar-refractivity contribution is 0.0943. The number of fused-ring (bicyclic) bond motifs is 1. The second kappa shape index (κ2) is 9.89. The highest BCUT2D eigenvalue weighted by Gasteiger charge is 2.29. The van der Waals surface area contributed by atoms with E-state index in [-0.39, 0.29) is 19.4 Å². The van der Waals surface area contributed by atoms with Gasteiger partial charge in [0.25, 0.3) is 5.91 Å². The number of carbonyl (C=O) groups is 1. The molecule has 1 fully saturated rings. The summed E-state index contributed by atoms with van der Waals surface area (Å²) in [5.41, 5.74) is 4.31. The largest absolute Gasteiger partial charge is 0.352 e. The molecule has 1 aliphatic carbocycles. The summed E-state index contributed by atoms with van der Waals surface area (Å²) in [7, 11) is 0. The molecule has 1 saturated heterocycles. The van der Waals surface area contributed by atoms with Gasteiger partial charge in [0.15, 0.2) is 0 Å². The van der Waals surface area contributed by atoms with Gasteiger partial charge in [-0.25, -0.2) is 4.98 Å². The minimum absolute atomic E-state index is 0. The third-order valence-corrected chi connectivity index (χ3v) is 7.09. The Kier molecular flexibility index (Phi) is 6.50. The van der Waals surface area contributed by atoms with Crippen LogP contribution < -0.4 is 10.2 Å². The highest BCUT2D eigenvalue weighted by atomic mass is 16.1. The van der Waals surface area contributed by atoms with E-state index in [0.29, 0.717) is 30.3 Å². The number of pyridine rings is 2. The Labute approximate surface area is 212 Å². The minimum Gasteiger partial charge on any atom is -0.352 e. The van der Waals surface area contributed by atoms with Crippen molar-refractivity contribution in [3.8, 4) is 0 Å². The van der Waals surface area contributed by atoms with E-state index < -0.39 is 0 Å². The van der Waals surface area contributed by atoms with E-state index in [4.69, 9.17) is 10.8 Å². The number of amidine groups is 2. The van der Waals surface area contributed by atoms with E-state index in [9.17, 15) is 4.79 Å². The molecule has 8 heteroatoms. The topological polar surface area (TPSA) is 109 Å². The Morgan fingerprint density at radius 3 is 2.83 bits per heavy atom. The number of aromatic nitrogens is 2. The van der Waals surface area contributed by atoms with Gasteiger partial charge in [0.05, 0.1) is 6.04 Å². The van der Waals surface area contributed by atoms with Crippen LogP contribution in [0, 0.1) is 10.8 Å². The van der Waals surface area contributed by atoms with Gasteiger partial charge in [-0.05, 0) is 67.7 Å². The van der Waals surface area contributed by atoms with Gasteiger partial charge in [-0.3, -0.25) is 20.6 Å². The van der Waals surface area contributed by atoms with Crippen LogP contribution in [0.25, 0.3) is 0 Å². The van der Waals surface area contributed by atoms with E-state index in [0.717, 1.165) is 41.9 Å². The molecule has 1 unspecified atom stereocenters. The van der Waals surface area contributed by atoms with Crippen LogP contribution in [0.2, 0.25) is 0 Å². The molecule has 8 nitrogen and oxygen atoms in total. The van der Waals surface area contributed by atoms with Crippen LogP contribution in [0.5, 0.6) is 0 Å². The van der Waals surface area contributed by atoms with Gasteiger partial charge in [-0.1, -0.05) is 24.3 Å². The lowest BCUT2D eigenvalue weighted by Gasteiger charge is -2.29. The maximum atomic E-state index is 13.2. The van der Waals surface area contributed by atoms with Gasteiger partial charge < -0.3 is 15.1 Å². The number of anilines is 1. The first-order chi connectivity index (χ1) is 17.4. The molecule has 2 aromatic heterocycles. The third kappa shape index (κ3) is 4.71. The molecular weight excluding hydrogens is 450 g/mol. The molecule has 2 atom stereocenters. The van der Waals surface area contributed by atoms with Crippen molar-refractivity contribution >= 4 is 23.4 Å². The molecule has 4 heterocycles. The van der Waals surface area contributed by atoms with Crippen LogP contribution in [0.1, 0.15) is 49.7 Å². The number of nitrogens with zero attached hydrogens (tertiary/aromatic N) is 4. The summed E-state index contributed by atoms with van der Waals surface area (Å²) in [6.45, 7) is 5.56. The number of hydrogen-bond donors (Lipinski definition) is 3. The summed E-state index contributed by atoms with van der Waals surface area (Å²) in [5, 5.41) is 19.9. The van der Waals surface area contributed by atoms with Crippen LogP contribution in [0.4, 0.5) is 5.82 Å². The molecule has 0 spiro atoms. The molecule has 3 aliphatic rings. The predicted octanol–water partition coefficient (Wildman–Crippen LogP) is 4.27. The van der Waals surface area contributed by atoms with Crippen molar-refractivity contribution in [3.05, 3.63) is 88.9 Å². The molecule has 186 valence electrons. The quantitative estimate of drug-likeness (QED) is 0.445. The highest BCUT2D eigenvalue weighted by Crippen LogP contribution is 2.25. The van der Waals surface area contributed by atoms with Gasteiger partial charge in [-0.15, -0.1) is 0 Å². The molecule has 3 N–H and O–H groups in total. The lowest BCUT2D eigenvalue weighted by atomic mass is 10.0. The number of hydrogen-bond acceptors (Lipinski definition) is 6. The van der Waals surface area contributed by atoms with Crippen molar-refractivity contribution < 1.29 is 6.22 Å². The molecule has 0 bridgehead atoms. The molecule has 0 saturated carbocycles. The Bertz CT molecular complexity index is 1300. The van der Waals surface area contributed by atoms with Crippen molar-refractivity contribution in [1.82, 2.24) is 20.2 Å². The number of amides is 1. The van der Waals surface area contributed by atoms with Crippen LogP contribution in [0.3, 0.4) is 0 Å². The summed E-state index contributed by atoms with van der Waals surface area (Å²) in [6, 6.07) is 7.62. The van der Waals surface area contributed by atoms with E-state index in [2.05, 4.69) is 20.2 Å². The second-order valence-electron chi connectivity index (χ2n) is 9.60. The zero-order chi connectivity index (χ0) is 25.2. The van der Waals surface area contributed by atoms with Gasteiger partial charge >= 0.3 is 0 Å². The van der Waals surface area contributed by atoms with E-state index in [1.807, 2.05) is 68.6 Å². The molecule has 2 aliphatic heterocycles. The van der Waals surface area contributed by atoms with Crippen LogP contribution in [0.15, 0.2) is 72.1 Å². The lowest BCUT2D eigenvalue weighted by Crippen LogP contribution is -2.37. The number of allylic oxidation sites excluding steroid dienone is 2. The fourth-order valence-corrected chi connectivity index (χ4v) is 4.98. The monoisotopic (exact) mass is 483 g/mol. The minimum atomic E-state index is -0.308. The summed E-state index contributed by atoms with van der Waals surface area (Å²) >= 11 is 0. The number of nitrogens with one attached hydrogen (secondary N) is 3. The molecule has 0 aromatic carbocycles. The SMILES string of the molecule is CC1=CC(C(=N)N2C(=N)CC[C@H]2C)=CC=CC1NC(=O)c1cc2c(cn1)CCN(c1ccccn1)C2.[HH]. The molecule has 36 heavy (non-hydrogen) atoms. The maximum Gasteiger partial charge on any atom is 0.270 e. The first kappa shape index (κ1) is 23.7. The number of carbonyl (C=O) groups excluding carboxylic acids is 1. The van der Waals surface area contributed by atoms with E-state index in [1.54, 1.807) is 11.1 Å². The fraction of sp³-hybridized carbons (Fsp3) is 0.321. The number of likely N-dealkylation sites (tertiary alicyclic amines) is 1. The predicted molar refractivity (Wildman–Crippen MR) is 144 cm³/mol. The first-order valence-electron chi connectivity index (χ1n) is 12.4. The van der Waals surface area contributed by atoms with Crippen molar-refractivity contribution in [2.24, 2.45) is 0 Å². The van der Waals surface area contributed by atoms with Crippen LogP contribution in [-0.2, 0) is 13.0 Å². The maximum absolute atomic E-state index is 13.2. The fourth-order valence-electron chi connectivity index (χ4n) is 4.98. The van der Waals surface area contributed by atoms with Crippen molar-refractivity contribution in [2.75, 3.05) is 11.4 Å². The van der Waals surface area contributed by atoms with Crippen LogP contribution >= 0.6 is 0 Å². The zero-order valence-electron chi connectivity index (χ0n) is 20.7.